The van der Waals surface area contributed by atoms with E-state index in [4.69, 9.17) is 9.15 Å². The van der Waals surface area contributed by atoms with Gasteiger partial charge in [-0.25, -0.2) is 4.79 Å². The first-order chi connectivity index (χ1) is 11.4. The Hall–Kier alpha value is -2.49. The molecule has 2 rings (SSSR count). The highest BCUT2D eigenvalue weighted by Crippen LogP contribution is 2.41. The summed E-state index contributed by atoms with van der Waals surface area (Å²) in [6.45, 7) is 2.02. The zero-order chi connectivity index (χ0) is 17.7. The fourth-order valence-corrected chi connectivity index (χ4v) is 3.57. The molecule has 2 atom stereocenters. The van der Waals surface area contributed by atoms with Crippen LogP contribution in [0.3, 0.4) is 0 Å². The summed E-state index contributed by atoms with van der Waals surface area (Å²) in [7, 11) is 0. The third kappa shape index (κ3) is 4.28. The van der Waals surface area contributed by atoms with Gasteiger partial charge in [-0.05, 0) is 12.1 Å². The van der Waals surface area contributed by atoms with E-state index in [-0.39, 0.29) is 5.91 Å². The molecule has 1 aromatic heterocycles. The largest absolute Gasteiger partial charge is 0.466 e. The van der Waals surface area contributed by atoms with Gasteiger partial charge in [-0.1, -0.05) is 0 Å². The summed E-state index contributed by atoms with van der Waals surface area (Å²) in [4.78, 5) is 47.6. The van der Waals surface area contributed by atoms with E-state index in [1.165, 1.54) is 36.8 Å². The highest BCUT2D eigenvalue weighted by molar-refractivity contribution is 7.99. The summed E-state index contributed by atoms with van der Waals surface area (Å²) in [5.41, 5.74) is 4.16. The van der Waals surface area contributed by atoms with Crippen LogP contribution in [-0.4, -0.2) is 47.0 Å². The van der Waals surface area contributed by atoms with Gasteiger partial charge in [0.05, 0.1) is 6.26 Å². The van der Waals surface area contributed by atoms with Crippen LogP contribution in [0, 0.1) is 0 Å². The number of hydrogen-bond acceptors (Lipinski definition) is 7. The standard InChI is InChI=1S/C14H17N3O6S/c1-8(18)15-16-12(20)6-23-14(21)10-7-24-13(17(10)9(2)19)11-4-3-5-22-11/h3-5,10,13H,6-7H2,1-2H3,(H,15,18)(H,16,20)/t10-,13+/m0/s1. The Morgan fingerprint density at radius 2 is 2.08 bits per heavy atom. The minimum Gasteiger partial charge on any atom is -0.466 e. The number of hydrazine groups is 1. The van der Waals surface area contributed by atoms with E-state index in [9.17, 15) is 19.2 Å². The van der Waals surface area contributed by atoms with Gasteiger partial charge in [-0.15, -0.1) is 11.8 Å². The maximum atomic E-state index is 12.2. The van der Waals surface area contributed by atoms with Crippen LogP contribution in [0.25, 0.3) is 0 Å². The molecule has 0 unspecified atom stereocenters. The summed E-state index contributed by atoms with van der Waals surface area (Å²) >= 11 is 1.37. The highest BCUT2D eigenvalue weighted by atomic mass is 32.2. The molecule has 0 aromatic carbocycles. The Bertz CT molecular complexity index is 632. The monoisotopic (exact) mass is 355 g/mol. The van der Waals surface area contributed by atoms with Gasteiger partial charge in [0.2, 0.25) is 11.8 Å². The zero-order valence-corrected chi connectivity index (χ0v) is 13.9. The van der Waals surface area contributed by atoms with Crippen molar-refractivity contribution in [3.63, 3.8) is 0 Å². The maximum absolute atomic E-state index is 12.2. The molecule has 0 radical (unpaired) electrons. The Balaban J connectivity index is 1.95. The van der Waals surface area contributed by atoms with Gasteiger partial charge < -0.3 is 14.1 Å². The van der Waals surface area contributed by atoms with E-state index < -0.39 is 35.8 Å². The van der Waals surface area contributed by atoms with Crippen LogP contribution >= 0.6 is 11.8 Å². The van der Waals surface area contributed by atoms with Crippen molar-refractivity contribution < 1.29 is 28.3 Å². The second kappa shape index (κ2) is 7.86. The van der Waals surface area contributed by atoms with E-state index in [1.807, 2.05) is 0 Å². The summed E-state index contributed by atoms with van der Waals surface area (Å²) < 4.78 is 10.2. The average molecular weight is 355 g/mol. The molecule has 3 amide bonds. The third-order valence-corrected chi connectivity index (χ3v) is 4.43. The van der Waals surface area contributed by atoms with Gasteiger partial charge >= 0.3 is 5.97 Å². The van der Waals surface area contributed by atoms with Gasteiger partial charge in [-0.3, -0.25) is 25.2 Å². The van der Waals surface area contributed by atoms with Gasteiger partial charge in [0.1, 0.15) is 17.2 Å². The quantitative estimate of drug-likeness (QED) is 0.574. The summed E-state index contributed by atoms with van der Waals surface area (Å²) in [5, 5.41) is -0.414. The smallest absolute Gasteiger partial charge is 0.330 e. The molecule has 10 heteroatoms. The molecule has 1 aliphatic heterocycles. The van der Waals surface area contributed by atoms with Crippen LogP contribution in [-0.2, 0) is 23.9 Å². The van der Waals surface area contributed by atoms with Gasteiger partial charge in [-0.2, -0.15) is 0 Å². The van der Waals surface area contributed by atoms with Crippen molar-refractivity contribution in [2.75, 3.05) is 12.4 Å². The first kappa shape index (κ1) is 17.9. The number of hydrogen-bond donors (Lipinski definition) is 2. The van der Waals surface area contributed by atoms with Crippen LogP contribution in [0.1, 0.15) is 25.0 Å². The first-order valence-corrected chi connectivity index (χ1v) is 8.11. The molecule has 1 aliphatic rings. The van der Waals surface area contributed by atoms with Crippen molar-refractivity contribution >= 4 is 35.5 Å². The Labute approximate surface area is 142 Å². The molecule has 1 aromatic rings. The molecular weight excluding hydrogens is 338 g/mol. The third-order valence-electron chi connectivity index (χ3n) is 3.15. The maximum Gasteiger partial charge on any atom is 0.330 e. The average Bonchev–Trinajstić information content (AvgIpc) is 3.18. The predicted molar refractivity (Wildman–Crippen MR) is 83.1 cm³/mol. The van der Waals surface area contributed by atoms with Crippen molar-refractivity contribution in [2.45, 2.75) is 25.3 Å². The number of rotatable bonds is 4. The number of carbonyl (C=O) groups excluding carboxylic acids is 4. The summed E-state index contributed by atoms with van der Waals surface area (Å²) in [6.07, 6.45) is 1.49. The lowest BCUT2D eigenvalue weighted by Gasteiger charge is -2.25. The molecule has 130 valence electrons. The second-order valence-corrected chi connectivity index (χ2v) is 6.09. The molecule has 2 heterocycles. The number of furan rings is 1. The lowest BCUT2D eigenvalue weighted by atomic mass is 10.2. The summed E-state index contributed by atoms with van der Waals surface area (Å²) in [6, 6.07) is 2.62. The topological polar surface area (TPSA) is 118 Å². The lowest BCUT2D eigenvalue weighted by molar-refractivity contribution is -0.156. The van der Waals surface area contributed by atoms with E-state index in [2.05, 4.69) is 10.9 Å². The minimum atomic E-state index is -0.809. The Kier molecular flexibility index (Phi) is 5.85. The van der Waals surface area contributed by atoms with E-state index >= 15 is 0 Å². The number of carbonyl (C=O) groups is 4. The van der Waals surface area contributed by atoms with Crippen LogP contribution in [0.4, 0.5) is 0 Å². The molecule has 1 saturated heterocycles. The van der Waals surface area contributed by atoms with Crippen molar-refractivity contribution in [2.24, 2.45) is 0 Å². The molecule has 0 aliphatic carbocycles. The number of nitrogens with one attached hydrogen (secondary N) is 2. The van der Waals surface area contributed by atoms with Crippen molar-refractivity contribution in [1.82, 2.24) is 15.8 Å². The predicted octanol–water partition coefficient (Wildman–Crippen LogP) is -0.0474. The molecule has 0 saturated carbocycles. The zero-order valence-electron chi connectivity index (χ0n) is 13.1. The fraction of sp³-hybridized carbons (Fsp3) is 0.429. The first-order valence-electron chi connectivity index (χ1n) is 7.06. The molecule has 1 fully saturated rings. The number of ether oxygens (including phenoxy) is 1. The SMILES string of the molecule is CC(=O)NNC(=O)COC(=O)[C@@H]1CS[C@H](c2ccco2)N1C(C)=O. The van der Waals surface area contributed by atoms with Gasteiger partial charge in [0.25, 0.3) is 5.91 Å². The highest BCUT2D eigenvalue weighted by Gasteiger charge is 2.43. The van der Waals surface area contributed by atoms with Crippen LogP contribution in [0.2, 0.25) is 0 Å². The van der Waals surface area contributed by atoms with Gasteiger partial charge in [0, 0.05) is 19.6 Å². The lowest BCUT2D eigenvalue weighted by Crippen LogP contribution is -2.45. The van der Waals surface area contributed by atoms with Crippen LogP contribution < -0.4 is 10.9 Å². The van der Waals surface area contributed by atoms with E-state index in [0.717, 1.165) is 0 Å². The fourth-order valence-electron chi connectivity index (χ4n) is 2.15. The summed E-state index contributed by atoms with van der Waals surface area (Å²) in [5.74, 6) is -1.23. The number of amides is 3. The molecule has 9 nitrogen and oxygen atoms in total. The van der Waals surface area contributed by atoms with Crippen molar-refractivity contribution in [1.29, 1.82) is 0 Å². The van der Waals surface area contributed by atoms with E-state index in [1.54, 1.807) is 12.1 Å². The van der Waals surface area contributed by atoms with Crippen molar-refractivity contribution in [3.05, 3.63) is 24.2 Å². The number of nitrogens with zero attached hydrogens (tertiary/aromatic N) is 1. The number of thioether (sulfide) groups is 1. The number of esters is 1. The molecule has 24 heavy (non-hydrogen) atoms. The van der Waals surface area contributed by atoms with Gasteiger partial charge in [0.15, 0.2) is 6.61 Å². The van der Waals surface area contributed by atoms with Crippen LogP contribution in [0.15, 0.2) is 22.8 Å². The molecule has 2 N–H and O–H groups in total. The molecular formula is C14H17N3O6S. The molecule has 0 bridgehead atoms. The second-order valence-electron chi connectivity index (χ2n) is 4.98. The van der Waals surface area contributed by atoms with Crippen LogP contribution in [0.5, 0.6) is 0 Å². The van der Waals surface area contributed by atoms with E-state index in [0.29, 0.717) is 11.5 Å². The van der Waals surface area contributed by atoms with Crippen molar-refractivity contribution in [3.8, 4) is 0 Å². The Morgan fingerprint density at radius 1 is 1.33 bits per heavy atom. The minimum absolute atomic E-state index is 0.300. The normalized spacial score (nSPS) is 19.7. The Morgan fingerprint density at radius 3 is 2.67 bits per heavy atom. The molecule has 0 spiro atoms.